The van der Waals surface area contributed by atoms with Crippen molar-refractivity contribution >= 4 is 45.8 Å². The summed E-state index contributed by atoms with van der Waals surface area (Å²) in [5.41, 5.74) is 1.35. The summed E-state index contributed by atoms with van der Waals surface area (Å²) >= 11 is 1.42. The molecule has 2 N–H and O–H groups in total. The van der Waals surface area contributed by atoms with E-state index in [1.165, 1.54) is 11.3 Å². The fourth-order valence-corrected chi connectivity index (χ4v) is 3.72. The average molecular weight is 430 g/mol. The molecule has 0 radical (unpaired) electrons. The Morgan fingerprint density at radius 3 is 2.52 bits per heavy atom. The van der Waals surface area contributed by atoms with Crippen molar-refractivity contribution in [2.24, 2.45) is 17.3 Å². The first-order chi connectivity index (χ1) is 15.0. The van der Waals surface area contributed by atoms with Crippen LogP contribution in [0, 0.1) is 0 Å². The van der Waals surface area contributed by atoms with Gasteiger partial charge >= 0.3 is 5.91 Å². The number of hydrogen-bond acceptors (Lipinski definition) is 5. The summed E-state index contributed by atoms with van der Waals surface area (Å²) < 4.78 is 1.56. The van der Waals surface area contributed by atoms with Crippen LogP contribution in [-0.4, -0.2) is 21.5 Å². The maximum Gasteiger partial charge on any atom is 0.311 e. The minimum atomic E-state index is -0.731. The number of aryl methyl sites for hydroxylation is 1. The number of carbonyl (C=O) groups excluding carboxylic acids is 2. The summed E-state index contributed by atoms with van der Waals surface area (Å²) in [6, 6.07) is 19.5. The van der Waals surface area contributed by atoms with Crippen LogP contribution >= 0.6 is 11.3 Å². The molecule has 0 fully saturated rings. The van der Waals surface area contributed by atoms with Crippen molar-refractivity contribution in [1.29, 1.82) is 0 Å². The number of hydrogen-bond donors (Lipinski definition) is 2. The largest absolute Gasteiger partial charge is 0.493 e. The highest BCUT2D eigenvalue weighted by molar-refractivity contribution is 7.10. The predicted octanol–water partition coefficient (Wildman–Crippen LogP) is 5.03. The fourth-order valence-electron chi connectivity index (χ4n) is 3.06. The number of para-hydroxylation sites is 1. The lowest BCUT2D eigenvalue weighted by molar-refractivity contribution is -0.115. The number of nitrogens with zero attached hydrogens (tertiary/aromatic N) is 3. The summed E-state index contributed by atoms with van der Waals surface area (Å²) in [5.74, 6) is -1.26. The van der Waals surface area contributed by atoms with Crippen molar-refractivity contribution in [3.63, 3.8) is 0 Å². The van der Waals surface area contributed by atoms with E-state index in [9.17, 15) is 14.7 Å². The first-order valence-electron chi connectivity index (χ1n) is 9.38. The Kier molecular flexibility index (Phi) is 5.72. The van der Waals surface area contributed by atoms with Crippen LogP contribution < -0.4 is 5.32 Å². The van der Waals surface area contributed by atoms with Gasteiger partial charge < -0.3 is 15.0 Å². The van der Waals surface area contributed by atoms with Gasteiger partial charge in [0.2, 0.25) is 5.88 Å². The molecular formula is C23H18N4O3S. The third-order valence-electron chi connectivity index (χ3n) is 4.64. The molecule has 2 amide bonds. The number of fused-ring (bicyclic) bond motifs is 1. The first-order valence-corrected chi connectivity index (χ1v) is 10.3. The Morgan fingerprint density at radius 1 is 1.03 bits per heavy atom. The van der Waals surface area contributed by atoms with Gasteiger partial charge in [-0.15, -0.1) is 21.6 Å². The SMILES string of the molecule is Cn1c(O)c(N=NC(=O)C(=Cc2cccs2)NC(=O)c2ccccc2)c2ccccc21. The van der Waals surface area contributed by atoms with Gasteiger partial charge in [0.25, 0.3) is 5.91 Å². The fraction of sp³-hybridized carbons (Fsp3) is 0.0435. The molecule has 2 heterocycles. The highest BCUT2D eigenvalue weighted by Gasteiger charge is 2.17. The number of azo groups is 1. The zero-order valence-corrected chi connectivity index (χ0v) is 17.3. The van der Waals surface area contributed by atoms with Crippen molar-refractivity contribution in [3.05, 3.63) is 88.2 Å². The number of aromatic hydroxyl groups is 1. The zero-order valence-electron chi connectivity index (χ0n) is 16.5. The molecule has 4 rings (SSSR count). The molecule has 8 heteroatoms. The molecule has 7 nitrogen and oxygen atoms in total. The Balaban J connectivity index is 1.65. The molecule has 0 spiro atoms. The molecule has 2 aromatic heterocycles. The molecule has 0 saturated carbocycles. The molecule has 0 saturated heterocycles. The minimum absolute atomic E-state index is 0.0141. The number of carbonyl (C=O) groups is 2. The topological polar surface area (TPSA) is 96.0 Å². The summed E-state index contributed by atoms with van der Waals surface area (Å²) in [7, 11) is 1.70. The van der Waals surface area contributed by atoms with E-state index in [0.717, 1.165) is 10.4 Å². The average Bonchev–Trinajstić information content (AvgIpc) is 3.39. The smallest absolute Gasteiger partial charge is 0.311 e. The molecule has 0 aliphatic heterocycles. The van der Waals surface area contributed by atoms with Crippen molar-refractivity contribution < 1.29 is 14.7 Å². The van der Waals surface area contributed by atoms with E-state index in [2.05, 4.69) is 15.5 Å². The van der Waals surface area contributed by atoms with Crippen molar-refractivity contribution in [3.8, 4) is 5.88 Å². The highest BCUT2D eigenvalue weighted by atomic mass is 32.1. The zero-order chi connectivity index (χ0) is 21.8. The molecule has 0 aliphatic carbocycles. The van der Waals surface area contributed by atoms with E-state index in [1.807, 2.05) is 35.7 Å². The number of aromatic nitrogens is 1. The van der Waals surface area contributed by atoms with Crippen molar-refractivity contribution in [2.75, 3.05) is 0 Å². The van der Waals surface area contributed by atoms with Gasteiger partial charge in [-0.05, 0) is 35.7 Å². The van der Waals surface area contributed by atoms with E-state index in [0.29, 0.717) is 10.9 Å². The Hall–Kier alpha value is -4.04. The van der Waals surface area contributed by atoms with Gasteiger partial charge in [-0.25, -0.2) is 0 Å². The molecule has 4 aromatic rings. The second kappa shape index (κ2) is 8.76. The third kappa shape index (κ3) is 4.29. The second-order valence-corrected chi connectivity index (χ2v) is 7.63. The molecule has 0 unspecified atom stereocenters. The van der Waals surface area contributed by atoms with Crippen molar-refractivity contribution in [1.82, 2.24) is 9.88 Å². The lowest BCUT2D eigenvalue weighted by Crippen LogP contribution is -2.26. The Labute approximate surface area is 182 Å². The van der Waals surface area contributed by atoms with Gasteiger partial charge in [0.1, 0.15) is 5.70 Å². The second-order valence-electron chi connectivity index (χ2n) is 6.65. The summed E-state index contributed by atoms with van der Waals surface area (Å²) in [4.78, 5) is 26.2. The van der Waals surface area contributed by atoms with E-state index >= 15 is 0 Å². The van der Waals surface area contributed by atoms with Gasteiger partial charge in [-0.2, -0.15) is 0 Å². The number of nitrogens with one attached hydrogen (secondary N) is 1. The molecule has 154 valence electrons. The standard InChI is InChI=1S/C23H18N4O3S/c1-27-19-12-6-5-11-17(19)20(23(27)30)25-26-22(29)18(14-16-10-7-13-31-16)24-21(28)15-8-3-2-4-9-15/h2-14,30H,1H3,(H,24,28). The van der Waals surface area contributed by atoms with E-state index < -0.39 is 11.8 Å². The third-order valence-corrected chi connectivity index (χ3v) is 5.45. The molecule has 0 aliphatic rings. The van der Waals surface area contributed by atoms with Gasteiger partial charge in [0, 0.05) is 22.9 Å². The molecule has 2 aromatic carbocycles. The molecule has 0 atom stereocenters. The van der Waals surface area contributed by atoms with Crippen LogP contribution in [0.2, 0.25) is 0 Å². The van der Waals surface area contributed by atoms with Gasteiger partial charge in [0.05, 0.1) is 5.52 Å². The highest BCUT2D eigenvalue weighted by Crippen LogP contribution is 2.37. The van der Waals surface area contributed by atoms with Crippen LogP contribution in [-0.2, 0) is 11.8 Å². The minimum Gasteiger partial charge on any atom is -0.493 e. The Morgan fingerprint density at radius 2 is 1.77 bits per heavy atom. The predicted molar refractivity (Wildman–Crippen MR) is 120 cm³/mol. The first kappa shape index (κ1) is 20.2. The maximum absolute atomic E-state index is 12.8. The Bertz CT molecular complexity index is 1310. The van der Waals surface area contributed by atoms with Gasteiger partial charge in [-0.1, -0.05) is 42.5 Å². The van der Waals surface area contributed by atoms with Crippen LogP contribution in [0.4, 0.5) is 5.69 Å². The summed E-state index contributed by atoms with van der Waals surface area (Å²) in [5, 5.41) is 23.3. The van der Waals surface area contributed by atoms with Crippen molar-refractivity contribution in [2.45, 2.75) is 0 Å². The maximum atomic E-state index is 12.8. The monoisotopic (exact) mass is 430 g/mol. The van der Waals surface area contributed by atoms with Crippen LogP contribution in [0.25, 0.3) is 17.0 Å². The lowest BCUT2D eigenvalue weighted by Gasteiger charge is -2.06. The normalized spacial score (nSPS) is 11.8. The van der Waals surface area contributed by atoms with Gasteiger partial charge in [0.15, 0.2) is 5.69 Å². The lowest BCUT2D eigenvalue weighted by atomic mass is 10.2. The number of benzene rings is 2. The number of rotatable bonds is 5. The van der Waals surface area contributed by atoms with Crippen LogP contribution in [0.3, 0.4) is 0 Å². The molecular weight excluding hydrogens is 412 g/mol. The quantitative estimate of drug-likeness (QED) is 0.343. The van der Waals surface area contributed by atoms with E-state index in [-0.39, 0.29) is 17.3 Å². The van der Waals surface area contributed by atoms with E-state index in [4.69, 9.17) is 0 Å². The molecule has 0 bridgehead atoms. The number of thiophene rings is 1. The van der Waals surface area contributed by atoms with Crippen LogP contribution in [0.15, 0.2) is 88.0 Å². The summed E-state index contributed by atoms with van der Waals surface area (Å²) in [6.07, 6.45) is 1.55. The molecule has 31 heavy (non-hydrogen) atoms. The van der Waals surface area contributed by atoms with E-state index in [1.54, 1.807) is 54.1 Å². The summed E-state index contributed by atoms with van der Waals surface area (Å²) in [6.45, 7) is 0. The van der Waals surface area contributed by atoms with Crippen LogP contribution in [0.1, 0.15) is 15.2 Å². The van der Waals surface area contributed by atoms with Gasteiger partial charge in [-0.3, -0.25) is 9.59 Å². The van der Waals surface area contributed by atoms with Crippen LogP contribution in [0.5, 0.6) is 5.88 Å². The number of amides is 2.